The molecule has 0 saturated carbocycles. The molecule has 0 atom stereocenters. The van der Waals surface area contributed by atoms with E-state index in [-0.39, 0.29) is 5.91 Å². The van der Waals surface area contributed by atoms with Gasteiger partial charge in [0.15, 0.2) is 0 Å². The van der Waals surface area contributed by atoms with E-state index < -0.39 is 0 Å². The third-order valence-corrected chi connectivity index (χ3v) is 3.23. The number of amides is 1. The van der Waals surface area contributed by atoms with Gasteiger partial charge in [-0.15, -0.1) is 0 Å². The average molecular weight is 232 g/mol. The number of carbonyl (C=O) groups is 1. The SMILES string of the molecule is Cc1ccccc1C(=O)N1CCCNCCC1. The fourth-order valence-corrected chi connectivity index (χ4v) is 2.21. The number of aryl methyl sites for hydroxylation is 1. The van der Waals surface area contributed by atoms with Crippen molar-refractivity contribution in [1.82, 2.24) is 10.2 Å². The van der Waals surface area contributed by atoms with Crippen molar-refractivity contribution in [3.05, 3.63) is 35.4 Å². The molecule has 1 heterocycles. The Morgan fingerprint density at radius 3 is 2.47 bits per heavy atom. The summed E-state index contributed by atoms with van der Waals surface area (Å²) in [5.74, 6) is 0.185. The number of nitrogens with zero attached hydrogens (tertiary/aromatic N) is 1. The second kappa shape index (κ2) is 5.82. The Balaban J connectivity index is 2.10. The minimum atomic E-state index is 0.185. The van der Waals surface area contributed by atoms with E-state index in [4.69, 9.17) is 0 Å². The molecule has 0 unspecified atom stereocenters. The van der Waals surface area contributed by atoms with Crippen molar-refractivity contribution in [2.45, 2.75) is 19.8 Å². The number of nitrogens with one attached hydrogen (secondary N) is 1. The van der Waals surface area contributed by atoms with Crippen LogP contribution >= 0.6 is 0 Å². The van der Waals surface area contributed by atoms with Crippen molar-refractivity contribution < 1.29 is 4.79 Å². The summed E-state index contributed by atoms with van der Waals surface area (Å²) in [5, 5.41) is 3.36. The highest BCUT2D eigenvalue weighted by atomic mass is 16.2. The van der Waals surface area contributed by atoms with Crippen LogP contribution in [0.3, 0.4) is 0 Å². The van der Waals surface area contributed by atoms with Crippen LogP contribution in [0.5, 0.6) is 0 Å². The van der Waals surface area contributed by atoms with Crippen LogP contribution in [0.1, 0.15) is 28.8 Å². The summed E-state index contributed by atoms with van der Waals surface area (Å²) in [6.45, 7) is 5.74. The molecule has 1 saturated heterocycles. The van der Waals surface area contributed by atoms with E-state index >= 15 is 0 Å². The van der Waals surface area contributed by atoms with Gasteiger partial charge in [0.1, 0.15) is 0 Å². The first-order chi connectivity index (χ1) is 8.29. The van der Waals surface area contributed by atoms with Gasteiger partial charge in [0.2, 0.25) is 0 Å². The summed E-state index contributed by atoms with van der Waals surface area (Å²) in [5.41, 5.74) is 1.92. The van der Waals surface area contributed by atoms with Gasteiger partial charge in [0, 0.05) is 18.7 Å². The first-order valence-electron chi connectivity index (χ1n) is 6.34. The molecule has 3 nitrogen and oxygen atoms in total. The van der Waals surface area contributed by atoms with Gasteiger partial charge in [-0.25, -0.2) is 0 Å². The highest BCUT2D eigenvalue weighted by Crippen LogP contribution is 2.11. The Morgan fingerprint density at radius 2 is 1.82 bits per heavy atom. The Kier molecular flexibility index (Phi) is 4.15. The monoisotopic (exact) mass is 232 g/mol. The molecule has 3 heteroatoms. The van der Waals surface area contributed by atoms with Crippen LogP contribution in [0.4, 0.5) is 0 Å². The Bertz CT molecular complexity index is 382. The third-order valence-electron chi connectivity index (χ3n) is 3.23. The van der Waals surface area contributed by atoms with Crippen LogP contribution in [0.2, 0.25) is 0 Å². The first kappa shape index (κ1) is 12.1. The van der Waals surface area contributed by atoms with Crippen LogP contribution in [0.15, 0.2) is 24.3 Å². The molecule has 0 radical (unpaired) electrons. The normalized spacial score (nSPS) is 17.4. The lowest BCUT2D eigenvalue weighted by atomic mass is 10.1. The molecule has 1 aromatic rings. The van der Waals surface area contributed by atoms with Crippen molar-refractivity contribution in [1.29, 1.82) is 0 Å². The van der Waals surface area contributed by atoms with Crippen molar-refractivity contribution in [2.24, 2.45) is 0 Å². The van der Waals surface area contributed by atoms with Gasteiger partial charge in [-0.2, -0.15) is 0 Å². The molecule has 0 aliphatic carbocycles. The van der Waals surface area contributed by atoms with E-state index in [1.807, 2.05) is 36.1 Å². The molecule has 1 fully saturated rings. The van der Waals surface area contributed by atoms with Gasteiger partial charge in [-0.3, -0.25) is 4.79 Å². The van der Waals surface area contributed by atoms with Gasteiger partial charge in [0.05, 0.1) is 0 Å². The molecule has 1 N–H and O–H groups in total. The molecule has 0 aromatic heterocycles. The van der Waals surface area contributed by atoms with Crippen LogP contribution in [0, 0.1) is 6.92 Å². The molecule has 1 aliphatic heterocycles. The molecule has 1 amide bonds. The van der Waals surface area contributed by atoms with Crippen LogP contribution in [-0.2, 0) is 0 Å². The van der Waals surface area contributed by atoms with E-state index in [1.165, 1.54) is 0 Å². The molecule has 2 rings (SSSR count). The molecule has 17 heavy (non-hydrogen) atoms. The quantitative estimate of drug-likeness (QED) is 0.801. The van der Waals surface area contributed by atoms with Crippen molar-refractivity contribution in [2.75, 3.05) is 26.2 Å². The van der Waals surface area contributed by atoms with Crippen LogP contribution in [0.25, 0.3) is 0 Å². The molecular formula is C14H20N2O. The summed E-state index contributed by atoms with van der Waals surface area (Å²) in [4.78, 5) is 14.4. The lowest BCUT2D eigenvalue weighted by Gasteiger charge is -2.25. The number of rotatable bonds is 1. The highest BCUT2D eigenvalue weighted by molar-refractivity contribution is 5.95. The molecule has 0 spiro atoms. The molecule has 1 aliphatic rings. The average Bonchev–Trinajstić information content (AvgIpc) is 2.28. The largest absolute Gasteiger partial charge is 0.339 e. The minimum Gasteiger partial charge on any atom is -0.339 e. The molecule has 92 valence electrons. The lowest BCUT2D eigenvalue weighted by Crippen LogP contribution is -2.38. The Hall–Kier alpha value is -1.35. The van der Waals surface area contributed by atoms with Gasteiger partial charge in [0.25, 0.3) is 5.91 Å². The van der Waals surface area contributed by atoms with Gasteiger partial charge >= 0.3 is 0 Å². The van der Waals surface area contributed by atoms with Gasteiger partial charge in [-0.1, -0.05) is 18.2 Å². The summed E-state index contributed by atoms with van der Waals surface area (Å²) in [6.07, 6.45) is 2.08. The fourth-order valence-electron chi connectivity index (χ4n) is 2.21. The van der Waals surface area contributed by atoms with Crippen LogP contribution in [-0.4, -0.2) is 37.0 Å². The van der Waals surface area contributed by atoms with Crippen LogP contribution < -0.4 is 5.32 Å². The standard InChI is InChI=1S/C14H20N2O/c1-12-6-2-3-7-13(12)14(17)16-10-4-8-15-9-5-11-16/h2-3,6-7,15H,4-5,8-11H2,1H3. The smallest absolute Gasteiger partial charge is 0.254 e. The zero-order valence-corrected chi connectivity index (χ0v) is 10.4. The number of carbonyl (C=O) groups excluding carboxylic acids is 1. The zero-order chi connectivity index (χ0) is 12.1. The second-order valence-electron chi connectivity index (χ2n) is 4.56. The van der Waals surface area contributed by atoms with Gasteiger partial charge in [-0.05, 0) is 44.5 Å². The summed E-state index contributed by atoms with van der Waals surface area (Å²) in [6, 6.07) is 7.84. The third kappa shape index (κ3) is 3.07. The topological polar surface area (TPSA) is 32.3 Å². The number of benzene rings is 1. The van der Waals surface area contributed by atoms with Crippen molar-refractivity contribution in [3.63, 3.8) is 0 Å². The number of hydrogen-bond donors (Lipinski definition) is 1. The maximum absolute atomic E-state index is 12.4. The minimum absolute atomic E-state index is 0.185. The van der Waals surface area contributed by atoms with E-state index in [0.717, 1.165) is 50.1 Å². The van der Waals surface area contributed by atoms with Crippen molar-refractivity contribution in [3.8, 4) is 0 Å². The predicted octanol–water partition coefficient (Wildman–Crippen LogP) is 1.82. The molecule has 0 bridgehead atoms. The summed E-state index contributed by atoms with van der Waals surface area (Å²) < 4.78 is 0. The molecular weight excluding hydrogens is 212 g/mol. The summed E-state index contributed by atoms with van der Waals surface area (Å²) in [7, 11) is 0. The maximum Gasteiger partial charge on any atom is 0.254 e. The first-order valence-corrected chi connectivity index (χ1v) is 6.34. The highest BCUT2D eigenvalue weighted by Gasteiger charge is 2.17. The Labute approximate surface area is 103 Å². The van der Waals surface area contributed by atoms with E-state index in [1.54, 1.807) is 0 Å². The molecule has 1 aromatic carbocycles. The summed E-state index contributed by atoms with van der Waals surface area (Å²) >= 11 is 0. The second-order valence-corrected chi connectivity index (χ2v) is 4.56. The maximum atomic E-state index is 12.4. The lowest BCUT2D eigenvalue weighted by molar-refractivity contribution is 0.0745. The fraction of sp³-hybridized carbons (Fsp3) is 0.500. The van der Waals surface area contributed by atoms with E-state index in [2.05, 4.69) is 5.32 Å². The number of hydrogen-bond acceptors (Lipinski definition) is 2. The predicted molar refractivity (Wildman–Crippen MR) is 69.2 cm³/mol. The van der Waals surface area contributed by atoms with E-state index in [9.17, 15) is 4.79 Å². The van der Waals surface area contributed by atoms with E-state index in [0.29, 0.717) is 0 Å². The zero-order valence-electron chi connectivity index (χ0n) is 10.4. The van der Waals surface area contributed by atoms with Crippen molar-refractivity contribution >= 4 is 5.91 Å². The van der Waals surface area contributed by atoms with Gasteiger partial charge < -0.3 is 10.2 Å². The Morgan fingerprint density at radius 1 is 1.18 bits per heavy atom.